The number of alkyl halides is 2. The first-order valence-corrected chi connectivity index (χ1v) is 5.86. The van der Waals surface area contributed by atoms with Gasteiger partial charge in [0.2, 0.25) is 0 Å². The fourth-order valence-electron chi connectivity index (χ4n) is 2.31. The van der Waals surface area contributed by atoms with Crippen LogP contribution >= 0.6 is 0 Å². The van der Waals surface area contributed by atoms with Crippen LogP contribution in [0.15, 0.2) is 18.2 Å². The van der Waals surface area contributed by atoms with Gasteiger partial charge in [0.05, 0.1) is 24.8 Å². The van der Waals surface area contributed by atoms with Crippen LogP contribution in [0.25, 0.3) is 0 Å². The highest BCUT2D eigenvalue weighted by atomic mass is 19.3. The molecule has 1 aliphatic heterocycles. The van der Waals surface area contributed by atoms with E-state index in [4.69, 9.17) is 10.4 Å². The summed E-state index contributed by atoms with van der Waals surface area (Å²) in [4.78, 5) is 1.35. The normalized spacial score (nSPS) is 22.4. The Balaban J connectivity index is 2.19. The Morgan fingerprint density at radius 2 is 2.21 bits per heavy atom. The lowest BCUT2D eigenvalue weighted by atomic mass is 10.1. The number of halogens is 3. The number of benzene rings is 1. The summed E-state index contributed by atoms with van der Waals surface area (Å²) in [6.07, 6.45) is -0.428. The summed E-state index contributed by atoms with van der Waals surface area (Å²) in [5.74, 6) is -3.40. The molecule has 0 spiro atoms. The van der Waals surface area contributed by atoms with Crippen molar-refractivity contribution >= 4 is 0 Å². The maximum atomic E-state index is 13.6. The highest BCUT2D eigenvalue weighted by Gasteiger charge is 2.44. The van der Waals surface area contributed by atoms with Crippen LogP contribution < -0.4 is 0 Å². The summed E-state index contributed by atoms with van der Waals surface area (Å²) in [5.41, 5.74) is 0.470. The van der Waals surface area contributed by atoms with E-state index >= 15 is 0 Å². The molecule has 2 rings (SSSR count). The van der Waals surface area contributed by atoms with Crippen LogP contribution in [0.4, 0.5) is 13.2 Å². The molecule has 1 fully saturated rings. The SMILES string of the molecule is N#Cc1ccc(F)c(CN2CC(F)(F)CC2CO)c1. The van der Waals surface area contributed by atoms with Gasteiger partial charge < -0.3 is 5.11 Å². The summed E-state index contributed by atoms with van der Waals surface area (Å²) in [6, 6.07) is 5.03. The molecule has 1 heterocycles. The van der Waals surface area contributed by atoms with Gasteiger partial charge in [0.15, 0.2) is 0 Å². The molecule has 0 saturated carbocycles. The zero-order chi connectivity index (χ0) is 14.0. The van der Waals surface area contributed by atoms with Crippen LogP contribution in [-0.4, -0.2) is 35.1 Å². The van der Waals surface area contributed by atoms with Gasteiger partial charge >= 0.3 is 0 Å². The van der Waals surface area contributed by atoms with Crippen LogP contribution in [0.2, 0.25) is 0 Å². The number of likely N-dealkylation sites (tertiary alicyclic amines) is 1. The summed E-state index contributed by atoms with van der Waals surface area (Å²) >= 11 is 0. The van der Waals surface area contributed by atoms with Crippen molar-refractivity contribution in [1.29, 1.82) is 5.26 Å². The molecule has 3 nitrogen and oxygen atoms in total. The van der Waals surface area contributed by atoms with Gasteiger partial charge in [0.1, 0.15) is 5.82 Å². The molecule has 0 bridgehead atoms. The van der Waals surface area contributed by atoms with Gasteiger partial charge in [0.25, 0.3) is 5.92 Å². The Bertz CT molecular complexity index is 513. The molecule has 1 unspecified atom stereocenters. The highest BCUT2D eigenvalue weighted by molar-refractivity contribution is 5.33. The lowest BCUT2D eigenvalue weighted by Gasteiger charge is -2.22. The van der Waals surface area contributed by atoms with Crippen LogP contribution in [-0.2, 0) is 6.54 Å². The molecule has 1 aliphatic rings. The number of rotatable bonds is 3. The van der Waals surface area contributed by atoms with Gasteiger partial charge in [-0.1, -0.05) is 0 Å². The van der Waals surface area contributed by atoms with Crippen LogP contribution in [0.1, 0.15) is 17.5 Å². The molecule has 1 N–H and O–H groups in total. The maximum absolute atomic E-state index is 13.6. The molecule has 0 aliphatic carbocycles. The minimum Gasteiger partial charge on any atom is -0.395 e. The second-order valence-electron chi connectivity index (χ2n) is 4.72. The topological polar surface area (TPSA) is 47.3 Å². The number of hydrogen-bond acceptors (Lipinski definition) is 3. The van der Waals surface area contributed by atoms with Crippen molar-refractivity contribution in [2.45, 2.75) is 24.9 Å². The highest BCUT2D eigenvalue weighted by Crippen LogP contribution is 2.33. The quantitative estimate of drug-likeness (QED) is 0.912. The van der Waals surface area contributed by atoms with Crippen molar-refractivity contribution < 1.29 is 18.3 Å². The van der Waals surface area contributed by atoms with E-state index in [1.807, 2.05) is 6.07 Å². The molecule has 0 radical (unpaired) electrons. The molecule has 1 aromatic rings. The molecule has 0 aromatic heterocycles. The van der Waals surface area contributed by atoms with E-state index in [0.29, 0.717) is 0 Å². The summed E-state index contributed by atoms with van der Waals surface area (Å²) in [6.45, 7) is -0.939. The van der Waals surface area contributed by atoms with Crippen molar-refractivity contribution in [1.82, 2.24) is 4.90 Å². The predicted molar refractivity (Wildman–Crippen MR) is 62.0 cm³/mol. The summed E-state index contributed by atoms with van der Waals surface area (Å²) in [7, 11) is 0. The average molecular weight is 270 g/mol. The van der Waals surface area contributed by atoms with Crippen molar-refractivity contribution in [2.75, 3.05) is 13.2 Å². The number of nitriles is 1. The van der Waals surface area contributed by atoms with Gasteiger partial charge in [-0.2, -0.15) is 5.26 Å². The summed E-state index contributed by atoms with van der Waals surface area (Å²) < 4.78 is 40.2. The Morgan fingerprint density at radius 3 is 2.84 bits per heavy atom. The molecule has 1 aromatic carbocycles. The zero-order valence-electron chi connectivity index (χ0n) is 10.1. The van der Waals surface area contributed by atoms with Gasteiger partial charge in [-0.05, 0) is 18.2 Å². The van der Waals surface area contributed by atoms with Gasteiger partial charge in [0, 0.05) is 24.6 Å². The van der Waals surface area contributed by atoms with E-state index in [-0.39, 0.29) is 17.7 Å². The summed E-state index contributed by atoms with van der Waals surface area (Å²) in [5, 5.41) is 17.8. The Labute approximate surface area is 108 Å². The Kier molecular flexibility index (Phi) is 3.78. The van der Waals surface area contributed by atoms with Crippen molar-refractivity contribution in [3.05, 3.63) is 35.1 Å². The minimum atomic E-state index is -2.86. The fraction of sp³-hybridized carbons (Fsp3) is 0.462. The zero-order valence-corrected chi connectivity index (χ0v) is 10.1. The number of hydrogen-bond donors (Lipinski definition) is 1. The standard InChI is InChI=1S/C13H13F3N2O/c14-12-2-1-9(5-17)3-10(12)6-18-8-13(15,16)4-11(18)7-19/h1-3,11,19H,4,6-8H2. The van der Waals surface area contributed by atoms with Gasteiger partial charge in [-0.3, -0.25) is 4.90 Å². The molecule has 0 amide bonds. The van der Waals surface area contributed by atoms with E-state index in [1.54, 1.807) is 0 Å². The lowest BCUT2D eigenvalue weighted by Crippen LogP contribution is -2.32. The first-order valence-electron chi connectivity index (χ1n) is 5.86. The number of aliphatic hydroxyl groups is 1. The first-order chi connectivity index (χ1) is 8.95. The van der Waals surface area contributed by atoms with Gasteiger partial charge in [-0.25, -0.2) is 13.2 Å². The van der Waals surface area contributed by atoms with E-state index in [1.165, 1.54) is 17.0 Å². The van der Waals surface area contributed by atoms with Crippen LogP contribution in [0.3, 0.4) is 0 Å². The number of nitrogens with zero attached hydrogens (tertiary/aromatic N) is 2. The Morgan fingerprint density at radius 1 is 1.47 bits per heavy atom. The third-order valence-corrected chi connectivity index (χ3v) is 3.24. The molecule has 19 heavy (non-hydrogen) atoms. The van der Waals surface area contributed by atoms with Crippen molar-refractivity contribution in [3.63, 3.8) is 0 Å². The monoisotopic (exact) mass is 270 g/mol. The van der Waals surface area contributed by atoms with Crippen molar-refractivity contribution in [2.24, 2.45) is 0 Å². The molecule has 1 saturated heterocycles. The second-order valence-corrected chi connectivity index (χ2v) is 4.72. The lowest BCUT2D eigenvalue weighted by molar-refractivity contribution is 0.0111. The molecule has 102 valence electrons. The fourth-order valence-corrected chi connectivity index (χ4v) is 2.31. The minimum absolute atomic E-state index is 0.0395. The van der Waals surface area contributed by atoms with E-state index < -0.39 is 37.4 Å². The van der Waals surface area contributed by atoms with Crippen LogP contribution in [0, 0.1) is 17.1 Å². The maximum Gasteiger partial charge on any atom is 0.262 e. The average Bonchev–Trinajstić information content (AvgIpc) is 2.66. The van der Waals surface area contributed by atoms with Crippen molar-refractivity contribution in [3.8, 4) is 6.07 Å². The molecule has 1 atom stereocenters. The third kappa shape index (κ3) is 3.06. The molecule has 6 heteroatoms. The first kappa shape index (κ1) is 13.8. The molecular formula is C13H13F3N2O. The van der Waals surface area contributed by atoms with Gasteiger partial charge in [-0.15, -0.1) is 0 Å². The van der Waals surface area contributed by atoms with E-state index in [2.05, 4.69) is 0 Å². The van der Waals surface area contributed by atoms with Crippen LogP contribution in [0.5, 0.6) is 0 Å². The van der Waals surface area contributed by atoms with E-state index in [0.717, 1.165) is 6.07 Å². The Hall–Kier alpha value is -1.58. The van der Waals surface area contributed by atoms with E-state index in [9.17, 15) is 13.2 Å². The smallest absolute Gasteiger partial charge is 0.262 e. The predicted octanol–water partition coefficient (Wildman–Crippen LogP) is 1.90. The second kappa shape index (κ2) is 5.19. The number of aliphatic hydroxyl groups excluding tert-OH is 1. The largest absolute Gasteiger partial charge is 0.395 e. The third-order valence-electron chi connectivity index (χ3n) is 3.24. The molecular weight excluding hydrogens is 257 g/mol.